The van der Waals surface area contributed by atoms with Crippen LogP contribution in [0.3, 0.4) is 0 Å². The number of methoxy groups -OCH3 is 1. The summed E-state index contributed by atoms with van der Waals surface area (Å²) in [6, 6.07) is 12.7. The van der Waals surface area contributed by atoms with Gasteiger partial charge in [0.2, 0.25) is 0 Å². The van der Waals surface area contributed by atoms with E-state index in [0.717, 1.165) is 10.8 Å². The first-order valence-corrected chi connectivity index (χ1v) is 7.18. The van der Waals surface area contributed by atoms with E-state index in [0.29, 0.717) is 36.0 Å². The van der Waals surface area contributed by atoms with Gasteiger partial charge in [0.15, 0.2) is 17.8 Å². The van der Waals surface area contributed by atoms with Gasteiger partial charge in [-0.05, 0) is 40.2 Å². The molecule has 0 saturated heterocycles. The lowest BCUT2D eigenvalue weighted by molar-refractivity contribution is 0.111. The van der Waals surface area contributed by atoms with Gasteiger partial charge in [-0.15, -0.1) is 0 Å². The Morgan fingerprint density at radius 2 is 1.71 bits per heavy atom. The molecule has 0 spiro atoms. The number of hydrogen-bond donors (Lipinski definition) is 0. The highest BCUT2D eigenvalue weighted by atomic mass is 79.9. The molecular formula is C16H15BrO4. The molecule has 0 amide bonds. The Bertz CT molecular complexity index is 613. The number of para-hydroxylation sites is 3. The number of hydrogen-bond acceptors (Lipinski definition) is 4. The Labute approximate surface area is 131 Å². The Kier molecular flexibility index (Phi) is 5.63. The van der Waals surface area contributed by atoms with Crippen molar-refractivity contribution in [1.82, 2.24) is 0 Å². The molecule has 21 heavy (non-hydrogen) atoms. The molecule has 2 aromatic rings. The van der Waals surface area contributed by atoms with E-state index in [9.17, 15) is 4.79 Å². The molecule has 0 radical (unpaired) electrons. The lowest BCUT2D eigenvalue weighted by Crippen LogP contribution is -2.10. The summed E-state index contributed by atoms with van der Waals surface area (Å²) in [5, 5.41) is 0. The highest BCUT2D eigenvalue weighted by molar-refractivity contribution is 9.10. The van der Waals surface area contributed by atoms with Crippen molar-refractivity contribution in [3.05, 3.63) is 52.5 Å². The van der Waals surface area contributed by atoms with Crippen molar-refractivity contribution in [2.24, 2.45) is 0 Å². The van der Waals surface area contributed by atoms with Crippen LogP contribution in [0.4, 0.5) is 0 Å². The molecule has 0 aliphatic heterocycles. The van der Waals surface area contributed by atoms with E-state index < -0.39 is 0 Å². The zero-order valence-electron chi connectivity index (χ0n) is 11.5. The maximum absolute atomic E-state index is 11.0. The van der Waals surface area contributed by atoms with Gasteiger partial charge in [-0.2, -0.15) is 0 Å². The maximum Gasteiger partial charge on any atom is 0.161 e. The second-order valence-electron chi connectivity index (χ2n) is 4.12. The zero-order valence-corrected chi connectivity index (χ0v) is 13.1. The van der Waals surface area contributed by atoms with E-state index in [1.165, 1.54) is 0 Å². The molecule has 0 atom stereocenters. The first kappa shape index (κ1) is 15.4. The number of carbonyl (C=O) groups excluding carboxylic acids is 1. The van der Waals surface area contributed by atoms with E-state index >= 15 is 0 Å². The summed E-state index contributed by atoms with van der Waals surface area (Å²) in [5.74, 6) is 1.86. The third-order valence-corrected chi connectivity index (χ3v) is 3.41. The minimum absolute atomic E-state index is 0.321. The van der Waals surface area contributed by atoms with Gasteiger partial charge >= 0.3 is 0 Å². The second kappa shape index (κ2) is 7.69. The molecule has 0 aliphatic carbocycles. The van der Waals surface area contributed by atoms with Crippen LogP contribution in [-0.2, 0) is 0 Å². The normalized spacial score (nSPS) is 10.0. The Hall–Kier alpha value is -2.01. The minimum Gasteiger partial charge on any atom is -0.493 e. The second-order valence-corrected chi connectivity index (χ2v) is 4.98. The summed E-state index contributed by atoms with van der Waals surface area (Å²) < 4.78 is 17.2. The smallest absolute Gasteiger partial charge is 0.161 e. The van der Waals surface area contributed by atoms with E-state index in [-0.39, 0.29) is 0 Å². The first-order chi connectivity index (χ1) is 10.3. The van der Waals surface area contributed by atoms with Gasteiger partial charge in [0.1, 0.15) is 19.0 Å². The highest BCUT2D eigenvalue weighted by Gasteiger charge is 2.08. The standard InChI is InChI=1S/C16H15BrO4/c1-19-14-7-2-3-8-15(14)20-9-10-21-16-12(11-18)5-4-6-13(16)17/h2-8,11H,9-10H2,1H3. The highest BCUT2D eigenvalue weighted by Crippen LogP contribution is 2.28. The van der Waals surface area contributed by atoms with Crippen LogP contribution in [0.1, 0.15) is 10.4 Å². The van der Waals surface area contributed by atoms with Crippen molar-refractivity contribution in [2.75, 3.05) is 20.3 Å². The number of halogens is 1. The molecule has 110 valence electrons. The van der Waals surface area contributed by atoms with Crippen LogP contribution >= 0.6 is 15.9 Å². The van der Waals surface area contributed by atoms with Gasteiger partial charge in [0, 0.05) is 0 Å². The number of aldehydes is 1. The monoisotopic (exact) mass is 350 g/mol. The summed E-state index contributed by atoms with van der Waals surface area (Å²) in [7, 11) is 1.59. The molecule has 0 aliphatic rings. The number of benzene rings is 2. The SMILES string of the molecule is COc1ccccc1OCCOc1c(Br)cccc1C=O. The van der Waals surface area contributed by atoms with Crippen LogP contribution in [0.15, 0.2) is 46.9 Å². The molecular weight excluding hydrogens is 336 g/mol. The largest absolute Gasteiger partial charge is 0.493 e. The summed E-state index contributed by atoms with van der Waals surface area (Å²) in [6.45, 7) is 0.668. The van der Waals surface area contributed by atoms with Crippen LogP contribution in [0, 0.1) is 0 Å². The molecule has 0 unspecified atom stereocenters. The number of rotatable bonds is 7. The molecule has 5 heteroatoms. The molecule has 0 bridgehead atoms. The zero-order chi connectivity index (χ0) is 15.1. The fourth-order valence-electron chi connectivity index (χ4n) is 1.80. The van der Waals surface area contributed by atoms with Crippen molar-refractivity contribution in [3.63, 3.8) is 0 Å². The predicted octanol–water partition coefficient (Wildman–Crippen LogP) is 3.73. The molecule has 4 nitrogen and oxygen atoms in total. The van der Waals surface area contributed by atoms with E-state index in [2.05, 4.69) is 15.9 Å². The number of carbonyl (C=O) groups is 1. The van der Waals surface area contributed by atoms with Crippen LogP contribution in [-0.4, -0.2) is 26.6 Å². The van der Waals surface area contributed by atoms with Crippen LogP contribution < -0.4 is 14.2 Å². The number of ether oxygens (including phenoxy) is 3. The van der Waals surface area contributed by atoms with Crippen molar-refractivity contribution in [3.8, 4) is 17.2 Å². The van der Waals surface area contributed by atoms with E-state index in [1.54, 1.807) is 19.2 Å². The third kappa shape index (κ3) is 3.98. The maximum atomic E-state index is 11.0. The van der Waals surface area contributed by atoms with Crippen molar-refractivity contribution < 1.29 is 19.0 Å². The molecule has 0 heterocycles. The lowest BCUT2D eigenvalue weighted by Gasteiger charge is -2.12. The molecule has 2 aromatic carbocycles. The van der Waals surface area contributed by atoms with Crippen molar-refractivity contribution in [1.29, 1.82) is 0 Å². The van der Waals surface area contributed by atoms with Crippen molar-refractivity contribution in [2.45, 2.75) is 0 Å². The molecule has 2 rings (SSSR count). The van der Waals surface area contributed by atoms with Gasteiger partial charge in [0.25, 0.3) is 0 Å². The van der Waals surface area contributed by atoms with Crippen molar-refractivity contribution >= 4 is 22.2 Å². The molecule has 0 saturated carbocycles. The third-order valence-electron chi connectivity index (χ3n) is 2.78. The Morgan fingerprint density at radius 3 is 2.43 bits per heavy atom. The molecule has 0 aromatic heterocycles. The Morgan fingerprint density at radius 1 is 1.00 bits per heavy atom. The topological polar surface area (TPSA) is 44.8 Å². The summed E-state index contributed by atoms with van der Waals surface area (Å²) in [5.41, 5.74) is 0.502. The molecule has 0 N–H and O–H groups in total. The average Bonchev–Trinajstić information content (AvgIpc) is 2.52. The summed E-state index contributed by atoms with van der Waals surface area (Å²) in [6.07, 6.45) is 0.765. The fraction of sp³-hybridized carbons (Fsp3) is 0.188. The summed E-state index contributed by atoms with van der Waals surface area (Å²) in [4.78, 5) is 11.0. The quantitative estimate of drug-likeness (QED) is 0.563. The van der Waals surface area contributed by atoms with Crippen LogP contribution in [0.25, 0.3) is 0 Å². The van der Waals surface area contributed by atoms with Crippen LogP contribution in [0.5, 0.6) is 17.2 Å². The van der Waals surface area contributed by atoms with Gasteiger partial charge < -0.3 is 14.2 Å². The Balaban J connectivity index is 1.92. The van der Waals surface area contributed by atoms with Crippen LogP contribution in [0.2, 0.25) is 0 Å². The average molecular weight is 351 g/mol. The fourth-order valence-corrected chi connectivity index (χ4v) is 2.30. The minimum atomic E-state index is 0.321. The molecule has 0 fully saturated rings. The van der Waals surface area contributed by atoms with Gasteiger partial charge in [-0.3, -0.25) is 4.79 Å². The predicted molar refractivity (Wildman–Crippen MR) is 83.5 cm³/mol. The van der Waals surface area contributed by atoms with E-state index in [1.807, 2.05) is 30.3 Å². The van der Waals surface area contributed by atoms with Gasteiger partial charge in [0.05, 0.1) is 17.1 Å². The summed E-state index contributed by atoms with van der Waals surface area (Å²) >= 11 is 3.36. The van der Waals surface area contributed by atoms with E-state index in [4.69, 9.17) is 14.2 Å². The van der Waals surface area contributed by atoms with Gasteiger partial charge in [-0.25, -0.2) is 0 Å². The lowest BCUT2D eigenvalue weighted by atomic mass is 10.2. The first-order valence-electron chi connectivity index (χ1n) is 6.38. The van der Waals surface area contributed by atoms with Gasteiger partial charge in [-0.1, -0.05) is 18.2 Å².